The Kier molecular flexibility index (Phi) is 2.48. The van der Waals surface area contributed by atoms with Crippen molar-refractivity contribution in [2.45, 2.75) is 6.92 Å². The van der Waals surface area contributed by atoms with E-state index in [0.717, 1.165) is 5.57 Å². The van der Waals surface area contributed by atoms with Gasteiger partial charge in [0, 0.05) is 6.54 Å². The SMILES string of the molecule is C=CC1C(=O)N(C=C)CC1=CC. The molecule has 64 valence electrons. The first-order chi connectivity index (χ1) is 5.74. The molecular formula is C10H13NO. The summed E-state index contributed by atoms with van der Waals surface area (Å²) in [5, 5.41) is 0. The van der Waals surface area contributed by atoms with Crippen molar-refractivity contribution >= 4 is 5.91 Å². The highest BCUT2D eigenvalue weighted by Crippen LogP contribution is 2.24. The molecular weight excluding hydrogens is 150 g/mol. The number of carbonyl (C=O) groups is 1. The minimum atomic E-state index is -0.131. The van der Waals surface area contributed by atoms with Crippen LogP contribution in [0.3, 0.4) is 0 Å². The number of rotatable bonds is 2. The molecule has 1 saturated heterocycles. The summed E-state index contributed by atoms with van der Waals surface area (Å²) in [5.74, 6) is -0.0545. The fraction of sp³-hybridized carbons (Fsp3) is 0.300. The van der Waals surface area contributed by atoms with E-state index in [1.54, 1.807) is 17.2 Å². The van der Waals surface area contributed by atoms with Crippen LogP contribution in [0.15, 0.2) is 37.1 Å². The van der Waals surface area contributed by atoms with Crippen molar-refractivity contribution in [1.82, 2.24) is 4.90 Å². The van der Waals surface area contributed by atoms with Crippen LogP contribution in [-0.2, 0) is 4.79 Å². The number of hydrogen-bond donors (Lipinski definition) is 0. The molecule has 0 aromatic rings. The molecule has 12 heavy (non-hydrogen) atoms. The van der Waals surface area contributed by atoms with Gasteiger partial charge >= 0.3 is 0 Å². The van der Waals surface area contributed by atoms with E-state index in [2.05, 4.69) is 13.2 Å². The molecule has 1 amide bonds. The fourth-order valence-electron chi connectivity index (χ4n) is 1.39. The van der Waals surface area contributed by atoms with Gasteiger partial charge in [-0.15, -0.1) is 6.58 Å². The van der Waals surface area contributed by atoms with Gasteiger partial charge in [0.1, 0.15) is 0 Å². The zero-order valence-corrected chi connectivity index (χ0v) is 7.29. The van der Waals surface area contributed by atoms with Crippen LogP contribution in [0.5, 0.6) is 0 Å². The Hall–Kier alpha value is -1.31. The van der Waals surface area contributed by atoms with Crippen LogP contribution >= 0.6 is 0 Å². The zero-order chi connectivity index (χ0) is 9.14. The van der Waals surface area contributed by atoms with Crippen molar-refractivity contribution < 1.29 is 4.79 Å². The molecule has 0 aromatic heterocycles. The predicted molar refractivity (Wildman–Crippen MR) is 49.4 cm³/mol. The van der Waals surface area contributed by atoms with Crippen molar-refractivity contribution in [2.24, 2.45) is 5.92 Å². The highest BCUT2D eigenvalue weighted by atomic mass is 16.2. The molecule has 0 bridgehead atoms. The van der Waals surface area contributed by atoms with Crippen LogP contribution in [0.1, 0.15) is 6.92 Å². The third-order valence-electron chi connectivity index (χ3n) is 2.13. The Morgan fingerprint density at radius 2 is 2.25 bits per heavy atom. The van der Waals surface area contributed by atoms with Crippen molar-refractivity contribution in [3.8, 4) is 0 Å². The lowest BCUT2D eigenvalue weighted by molar-refractivity contribution is -0.127. The van der Waals surface area contributed by atoms with Crippen LogP contribution in [0.2, 0.25) is 0 Å². The van der Waals surface area contributed by atoms with E-state index in [1.165, 1.54) is 0 Å². The second kappa shape index (κ2) is 3.39. The number of carbonyl (C=O) groups excluding carboxylic acids is 1. The van der Waals surface area contributed by atoms with Gasteiger partial charge in [0.05, 0.1) is 5.92 Å². The minimum Gasteiger partial charge on any atom is -0.315 e. The third-order valence-corrected chi connectivity index (χ3v) is 2.13. The molecule has 1 fully saturated rings. The van der Waals surface area contributed by atoms with E-state index in [-0.39, 0.29) is 11.8 Å². The Bertz CT molecular complexity index is 253. The van der Waals surface area contributed by atoms with Crippen molar-refractivity contribution in [2.75, 3.05) is 6.54 Å². The van der Waals surface area contributed by atoms with Gasteiger partial charge in [0.2, 0.25) is 5.91 Å². The van der Waals surface area contributed by atoms with Gasteiger partial charge < -0.3 is 4.90 Å². The number of likely N-dealkylation sites (tertiary alicyclic amines) is 1. The van der Waals surface area contributed by atoms with Gasteiger partial charge in [-0.25, -0.2) is 0 Å². The molecule has 0 aliphatic carbocycles. The lowest BCUT2D eigenvalue weighted by Crippen LogP contribution is -2.20. The Morgan fingerprint density at radius 3 is 2.58 bits per heavy atom. The van der Waals surface area contributed by atoms with Crippen molar-refractivity contribution in [3.63, 3.8) is 0 Å². The van der Waals surface area contributed by atoms with E-state index >= 15 is 0 Å². The summed E-state index contributed by atoms with van der Waals surface area (Å²) >= 11 is 0. The monoisotopic (exact) mass is 163 g/mol. The first-order valence-corrected chi connectivity index (χ1v) is 3.95. The topological polar surface area (TPSA) is 20.3 Å². The van der Waals surface area contributed by atoms with E-state index in [1.807, 2.05) is 13.0 Å². The molecule has 1 heterocycles. The third kappa shape index (κ3) is 1.20. The molecule has 1 atom stereocenters. The molecule has 1 rings (SSSR count). The van der Waals surface area contributed by atoms with Gasteiger partial charge in [0.15, 0.2) is 0 Å². The molecule has 2 nitrogen and oxygen atoms in total. The highest BCUT2D eigenvalue weighted by molar-refractivity contribution is 5.87. The lowest BCUT2D eigenvalue weighted by Gasteiger charge is -2.06. The van der Waals surface area contributed by atoms with E-state index in [4.69, 9.17) is 0 Å². The van der Waals surface area contributed by atoms with E-state index < -0.39 is 0 Å². The molecule has 0 saturated carbocycles. The fourth-order valence-corrected chi connectivity index (χ4v) is 1.39. The maximum Gasteiger partial charge on any atom is 0.237 e. The molecule has 1 unspecified atom stereocenters. The average Bonchev–Trinajstić information content (AvgIpc) is 2.41. The first kappa shape index (κ1) is 8.78. The maximum atomic E-state index is 11.5. The molecule has 0 aromatic carbocycles. The Morgan fingerprint density at radius 1 is 1.58 bits per heavy atom. The Labute approximate surface area is 72.9 Å². The van der Waals surface area contributed by atoms with Crippen LogP contribution < -0.4 is 0 Å². The molecule has 1 aliphatic heterocycles. The predicted octanol–water partition coefficient (Wildman–Crippen LogP) is 1.72. The minimum absolute atomic E-state index is 0.0769. The second-order valence-electron chi connectivity index (χ2n) is 2.73. The second-order valence-corrected chi connectivity index (χ2v) is 2.73. The molecule has 1 aliphatic rings. The number of allylic oxidation sites excluding steroid dienone is 1. The van der Waals surface area contributed by atoms with E-state index in [9.17, 15) is 4.79 Å². The van der Waals surface area contributed by atoms with Crippen molar-refractivity contribution in [1.29, 1.82) is 0 Å². The number of hydrogen-bond acceptors (Lipinski definition) is 1. The summed E-state index contributed by atoms with van der Waals surface area (Å²) < 4.78 is 0. The van der Waals surface area contributed by atoms with Gasteiger partial charge in [-0.3, -0.25) is 4.79 Å². The van der Waals surface area contributed by atoms with Crippen LogP contribution in [-0.4, -0.2) is 17.4 Å². The zero-order valence-electron chi connectivity index (χ0n) is 7.29. The smallest absolute Gasteiger partial charge is 0.237 e. The van der Waals surface area contributed by atoms with Crippen molar-refractivity contribution in [3.05, 3.63) is 37.1 Å². The van der Waals surface area contributed by atoms with Crippen LogP contribution in [0.25, 0.3) is 0 Å². The highest BCUT2D eigenvalue weighted by Gasteiger charge is 2.31. The van der Waals surface area contributed by atoms with Crippen LogP contribution in [0.4, 0.5) is 0 Å². The quantitative estimate of drug-likeness (QED) is 0.567. The first-order valence-electron chi connectivity index (χ1n) is 3.95. The molecule has 0 spiro atoms. The molecule has 0 N–H and O–H groups in total. The largest absolute Gasteiger partial charge is 0.315 e. The number of amides is 1. The summed E-state index contributed by atoms with van der Waals surface area (Å²) in [6.07, 6.45) is 5.21. The van der Waals surface area contributed by atoms with Gasteiger partial charge in [0.25, 0.3) is 0 Å². The Balaban J connectivity index is 2.93. The van der Waals surface area contributed by atoms with Crippen LogP contribution in [0, 0.1) is 5.92 Å². The van der Waals surface area contributed by atoms with E-state index in [0.29, 0.717) is 6.54 Å². The summed E-state index contributed by atoms with van der Waals surface area (Å²) in [7, 11) is 0. The number of nitrogens with zero attached hydrogens (tertiary/aromatic N) is 1. The average molecular weight is 163 g/mol. The van der Waals surface area contributed by atoms with Gasteiger partial charge in [-0.05, 0) is 18.7 Å². The van der Waals surface area contributed by atoms with Gasteiger partial charge in [-0.1, -0.05) is 18.7 Å². The van der Waals surface area contributed by atoms with Gasteiger partial charge in [-0.2, -0.15) is 0 Å². The summed E-state index contributed by atoms with van der Waals surface area (Å²) in [4.78, 5) is 13.1. The summed E-state index contributed by atoms with van der Waals surface area (Å²) in [6.45, 7) is 9.81. The normalized spacial score (nSPS) is 26.4. The summed E-state index contributed by atoms with van der Waals surface area (Å²) in [6, 6.07) is 0. The molecule has 0 radical (unpaired) electrons. The maximum absolute atomic E-state index is 11.5. The molecule has 2 heteroatoms. The standard InChI is InChI=1S/C10H13NO/c1-4-8-7-11(6-3)10(12)9(8)5-2/h4-6,9H,2-3,7H2,1H3. The lowest BCUT2D eigenvalue weighted by atomic mass is 10.0. The summed E-state index contributed by atoms with van der Waals surface area (Å²) in [5.41, 5.74) is 1.11.